The molecule has 0 aromatic heterocycles. The lowest BCUT2D eigenvalue weighted by Gasteiger charge is -2.17. The fourth-order valence-corrected chi connectivity index (χ4v) is 3.18. The molecular formula is C19H16ClF3N2O3. The normalized spacial score (nSPS) is 17.0. The Morgan fingerprint density at radius 3 is 2.50 bits per heavy atom. The standard InChI is InChI=1S/C19H16ClF3N2O3/c1-28-14-5-3-13(4-6-14)25-10-11(8-17(25)26)18(27)24-12-2-7-16(20)15(9-12)19(21,22)23/h2-7,9,11H,8,10H2,1H3,(H,24,27). The van der Waals surface area contributed by atoms with Gasteiger partial charge >= 0.3 is 6.18 Å². The molecule has 1 aliphatic heterocycles. The van der Waals surface area contributed by atoms with E-state index in [4.69, 9.17) is 16.3 Å². The van der Waals surface area contributed by atoms with Gasteiger partial charge in [0.05, 0.1) is 23.6 Å². The molecule has 0 saturated carbocycles. The van der Waals surface area contributed by atoms with E-state index in [9.17, 15) is 22.8 Å². The minimum absolute atomic E-state index is 0.0302. The van der Waals surface area contributed by atoms with Gasteiger partial charge in [0.25, 0.3) is 0 Å². The summed E-state index contributed by atoms with van der Waals surface area (Å²) >= 11 is 5.58. The van der Waals surface area contributed by atoms with Crippen molar-refractivity contribution in [2.45, 2.75) is 12.6 Å². The van der Waals surface area contributed by atoms with Crippen LogP contribution in [0.3, 0.4) is 0 Å². The molecule has 1 atom stereocenters. The maximum atomic E-state index is 13.0. The molecule has 0 spiro atoms. The first-order valence-electron chi connectivity index (χ1n) is 8.31. The Hall–Kier alpha value is -2.74. The SMILES string of the molecule is COc1ccc(N2CC(C(=O)Nc3ccc(Cl)c(C(F)(F)F)c3)CC2=O)cc1. The van der Waals surface area contributed by atoms with Gasteiger partial charge in [-0.05, 0) is 42.5 Å². The lowest BCUT2D eigenvalue weighted by molar-refractivity contribution is -0.137. The number of anilines is 2. The van der Waals surface area contributed by atoms with Gasteiger partial charge in [-0.2, -0.15) is 13.2 Å². The van der Waals surface area contributed by atoms with Crippen LogP contribution in [-0.2, 0) is 15.8 Å². The van der Waals surface area contributed by atoms with Crippen LogP contribution in [0.5, 0.6) is 5.75 Å². The van der Waals surface area contributed by atoms with Crippen LogP contribution in [0.2, 0.25) is 5.02 Å². The number of hydrogen-bond acceptors (Lipinski definition) is 3. The summed E-state index contributed by atoms with van der Waals surface area (Å²) in [4.78, 5) is 26.2. The maximum Gasteiger partial charge on any atom is 0.417 e. The van der Waals surface area contributed by atoms with Crippen molar-refractivity contribution in [2.75, 3.05) is 23.9 Å². The number of alkyl halides is 3. The van der Waals surface area contributed by atoms with Crippen molar-refractivity contribution in [2.24, 2.45) is 5.92 Å². The predicted molar refractivity (Wildman–Crippen MR) is 98.5 cm³/mol. The van der Waals surface area contributed by atoms with Gasteiger partial charge in [0.15, 0.2) is 0 Å². The fraction of sp³-hybridized carbons (Fsp3) is 0.263. The molecule has 2 aromatic rings. The number of methoxy groups -OCH3 is 1. The summed E-state index contributed by atoms with van der Waals surface area (Å²) in [5.41, 5.74) is -0.446. The van der Waals surface area contributed by atoms with E-state index in [0.29, 0.717) is 11.4 Å². The summed E-state index contributed by atoms with van der Waals surface area (Å²) in [6.07, 6.45) is -4.66. The largest absolute Gasteiger partial charge is 0.497 e. The average molecular weight is 413 g/mol. The van der Waals surface area contributed by atoms with E-state index in [1.165, 1.54) is 18.1 Å². The van der Waals surface area contributed by atoms with E-state index in [1.54, 1.807) is 24.3 Å². The topological polar surface area (TPSA) is 58.6 Å². The summed E-state index contributed by atoms with van der Waals surface area (Å²) < 4.78 is 43.9. The number of nitrogens with zero attached hydrogens (tertiary/aromatic N) is 1. The second-order valence-corrected chi connectivity index (χ2v) is 6.69. The second-order valence-electron chi connectivity index (χ2n) is 6.29. The number of carbonyl (C=O) groups is 2. The van der Waals surface area contributed by atoms with Crippen LogP contribution in [-0.4, -0.2) is 25.5 Å². The Labute approximate surface area is 164 Å². The fourth-order valence-electron chi connectivity index (χ4n) is 2.96. The van der Waals surface area contributed by atoms with E-state index >= 15 is 0 Å². The van der Waals surface area contributed by atoms with Crippen LogP contribution in [0.1, 0.15) is 12.0 Å². The van der Waals surface area contributed by atoms with Crippen LogP contribution in [0, 0.1) is 5.92 Å². The van der Waals surface area contributed by atoms with Gasteiger partial charge in [-0.1, -0.05) is 11.6 Å². The van der Waals surface area contributed by atoms with Crippen LogP contribution in [0.25, 0.3) is 0 Å². The summed E-state index contributed by atoms with van der Waals surface area (Å²) in [7, 11) is 1.53. The third-order valence-electron chi connectivity index (χ3n) is 4.42. The van der Waals surface area contributed by atoms with Crippen LogP contribution >= 0.6 is 11.6 Å². The number of hydrogen-bond donors (Lipinski definition) is 1. The van der Waals surface area contributed by atoms with E-state index in [0.717, 1.165) is 12.1 Å². The van der Waals surface area contributed by atoms with Crippen molar-refractivity contribution in [1.82, 2.24) is 0 Å². The molecule has 3 rings (SSSR count). The first-order valence-corrected chi connectivity index (χ1v) is 8.69. The van der Waals surface area contributed by atoms with Gasteiger partial charge in [0.1, 0.15) is 5.75 Å². The van der Waals surface area contributed by atoms with E-state index in [-0.39, 0.29) is 24.6 Å². The Kier molecular flexibility index (Phi) is 5.51. The van der Waals surface area contributed by atoms with E-state index in [2.05, 4.69) is 5.32 Å². The molecule has 5 nitrogen and oxygen atoms in total. The molecule has 1 aliphatic rings. The third kappa shape index (κ3) is 4.22. The van der Waals surface area contributed by atoms with Gasteiger partial charge in [-0.3, -0.25) is 9.59 Å². The summed E-state index contributed by atoms with van der Waals surface area (Å²) in [6.45, 7) is 0.136. The van der Waals surface area contributed by atoms with Crippen LogP contribution in [0.15, 0.2) is 42.5 Å². The quantitative estimate of drug-likeness (QED) is 0.811. The number of rotatable bonds is 4. The minimum atomic E-state index is -4.63. The lowest BCUT2D eigenvalue weighted by atomic mass is 10.1. The van der Waals surface area contributed by atoms with Crippen molar-refractivity contribution >= 4 is 34.8 Å². The highest BCUT2D eigenvalue weighted by Gasteiger charge is 2.36. The monoisotopic (exact) mass is 412 g/mol. The van der Waals surface area contributed by atoms with Gasteiger partial charge in [0, 0.05) is 24.3 Å². The summed E-state index contributed by atoms with van der Waals surface area (Å²) in [6, 6.07) is 9.93. The van der Waals surface area contributed by atoms with Crippen molar-refractivity contribution in [3.63, 3.8) is 0 Å². The molecule has 1 unspecified atom stereocenters. The Bertz CT molecular complexity index is 900. The Morgan fingerprint density at radius 2 is 1.89 bits per heavy atom. The smallest absolute Gasteiger partial charge is 0.417 e. The molecule has 0 aliphatic carbocycles. The zero-order valence-electron chi connectivity index (χ0n) is 14.7. The molecule has 1 fully saturated rings. The zero-order chi connectivity index (χ0) is 20.5. The molecule has 9 heteroatoms. The maximum absolute atomic E-state index is 13.0. The molecule has 2 aromatic carbocycles. The second kappa shape index (κ2) is 7.71. The number of nitrogens with one attached hydrogen (secondary N) is 1. The van der Waals surface area contributed by atoms with Gasteiger partial charge in [-0.25, -0.2) is 0 Å². The molecule has 148 valence electrons. The van der Waals surface area contributed by atoms with Gasteiger partial charge in [-0.15, -0.1) is 0 Å². The predicted octanol–water partition coefficient (Wildman–Crippen LogP) is 4.36. The number of ether oxygens (including phenoxy) is 1. The molecule has 2 amide bonds. The summed E-state index contributed by atoms with van der Waals surface area (Å²) in [5, 5.41) is 1.99. The van der Waals surface area contributed by atoms with Crippen molar-refractivity contribution in [3.8, 4) is 5.75 Å². The highest BCUT2D eigenvalue weighted by molar-refractivity contribution is 6.31. The number of benzene rings is 2. The van der Waals surface area contributed by atoms with E-state index < -0.39 is 28.6 Å². The highest BCUT2D eigenvalue weighted by Crippen LogP contribution is 2.36. The average Bonchev–Trinajstić information content (AvgIpc) is 3.04. The number of amides is 2. The lowest BCUT2D eigenvalue weighted by Crippen LogP contribution is -2.28. The molecule has 0 radical (unpaired) electrons. The molecule has 1 N–H and O–H groups in total. The highest BCUT2D eigenvalue weighted by atomic mass is 35.5. The van der Waals surface area contributed by atoms with Gasteiger partial charge < -0.3 is 15.0 Å². The molecule has 28 heavy (non-hydrogen) atoms. The molecule has 1 heterocycles. The first-order chi connectivity index (χ1) is 13.2. The Morgan fingerprint density at radius 1 is 1.21 bits per heavy atom. The zero-order valence-corrected chi connectivity index (χ0v) is 15.5. The number of halogens is 4. The van der Waals surface area contributed by atoms with Crippen molar-refractivity contribution in [1.29, 1.82) is 0 Å². The van der Waals surface area contributed by atoms with Crippen molar-refractivity contribution in [3.05, 3.63) is 53.1 Å². The van der Waals surface area contributed by atoms with Crippen molar-refractivity contribution < 1.29 is 27.5 Å². The molecule has 0 bridgehead atoms. The third-order valence-corrected chi connectivity index (χ3v) is 4.75. The van der Waals surface area contributed by atoms with E-state index in [1.807, 2.05) is 0 Å². The minimum Gasteiger partial charge on any atom is -0.497 e. The van der Waals surface area contributed by atoms with Gasteiger partial charge in [0.2, 0.25) is 11.8 Å². The first kappa shape index (κ1) is 20.0. The Balaban J connectivity index is 1.71. The number of carbonyl (C=O) groups excluding carboxylic acids is 2. The molecule has 1 saturated heterocycles. The summed E-state index contributed by atoms with van der Waals surface area (Å²) in [5.74, 6) is -0.815. The van der Waals surface area contributed by atoms with Crippen LogP contribution in [0.4, 0.5) is 24.5 Å². The van der Waals surface area contributed by atoms with Crippen LogP contribution < -0.4 is 15.0 Å². The molecular weight excluding hydrogens is 397 g/mol.